The zero-order valence-electron chi connectivity index (χ0n) is 14.6. The van der Waals surface area contributed by atoms with Crippen LogP contribution in [-0.2, 0) is 11.3 Å². The molecule has 1 amide bonds. The molecule has 0 bridgehead atoms. The number of alkyl carbamates (subject to hydrolysis) is 1. The first-order valence-electron chi connectivity index (χ1n) is 8.38. The van der Waals surface area contributed by atoms with Crippen LogP contribution >= 0.6 is 0 Å². The molecule has 0 aliphatic carbocycles. The van der Waals surface area contributed by atoms with Crippen molar-refractivity contribution in [1.29, 1.82) is 0 Å². The van der Waals surface area contributed by atoms with Gasteiger partial charge < -0.3 is 20.3 Å². The van der Waals surface area contributed by atoms with Crippen molar-refractivity contribution >= 4 is 6.09 Å². The highest BCUT2D eigenvalue weighted by Crippen LogP contribution is 2.20. The summed E-state index contributed by atoms with van der Waals surface area (Å²) in [4.78, 5) is 11.7. The van der Waals surface area contributed by atoms with Crippen molar-refractivity contribution in [3.63, 3.8) is 0 Å². The maximum atomic E-state index is 11.7. The molecule has 5 nitrogen and oxygen atoms in total. The summed E-state index contributed by atoms with van der Waals surface area (Å²) in [5.41, 5.74) is 2.65. The standard InChI is InChI=1S/C20H25NO4/c1-14(2)16-8-10-17(11-9-16)19(23)18(22)12-21-20(24)25-13-15-6-4-3-5-7-15/h3-11,14,18-19,22-23H,12-13H2,1-2H3,(H,21,24). The van der Waals surface area contributed by atoms with Gasteiger partial charge in [-0.05, 0) is 22.6 Å². The van der Waals surface area contributed by atoms with Crippen LogP contribution in [0.15, 0.2) is 54.6 Å². The van der Waals surface area contributed by atoms with E-state index in [1.807, 2.05) is 42.5 Å². The van der Waals surface area contributed by atoms with Gasteiger partial charge in [0.25, 0.3) is 0 Å². The van der Waals surface area contributed by atoms with Crippen LogP contribution in [0.5, 0.6) is 0 Å². The molecule has 0 spiro atoms. The third-order valence-electron chi connectivity index (χ3n) is 3.98. The number of nitrogens with one attached hydrogen (secondary N) is 1. The molecule has 5 heteroatoms. The van der Waals surface area contributed by atoms with Gasteiger partial charge in [-0.2, -0.15) is 0 Å². The molecule has 25 heavy (non-hydrogen) atoms. The van der Waals surface area contributed by atoms with Crippen molar-refractivity contribution < 1.29 is 19.7 Å². The van der Waals surface area contributed by atoms with Crippen LogP contribution in [0, 0.1) is 0 Å². The quantitative estimate of drug-likeness (QED) is 0.722. The summed E-state index contributed by atoms with van der Waals surface area (Å²) in [5, 5.41) is 22.7. The van der Waals surface area contributed by atoms with Gasteiger partial charge in [0.15, 0.2) is 0 Å². The number of benzene rings is 2. The van der Waals surface area contributed by atoms with E-state index >= 15 is 0 Å². The molecule has 2 aromatic carbocycles. The smallest absolute Gasteiger partial charge is 0.407 e. The third kappa shape index (κ3) is 5.89. The molecule has 2 unspecified atom stereocenters. The van der Waals surface area contributed by atoms with E-state index in [1.54, 1.807) is 12.1 Å². The number of hydrogen-bond donors (Lipinski definition) is 3. The summed E-state index contributed by atoms with van der Waals surface area (Å²) in [7, 11) is 0. The zero-order chi connectivity index (χ0) is 18.2. The lowest BCUT2D eigenvalue weighted by Gasteiger charge is -2.19. The topological polar surface area (TPSA) is 78.8 Å². The van der Waals surface area contributed by atoms with Crippen LogP contribution in [0.25, 0.3) is 0 Å². The normalized spacial score (nSPS) is 13.3. The molecule has 3 N–H and O–H groups in total. The molecular formula is C20H25NO4. The molecule has 0 aromatic heterocycles. The third-order valence-corrected chi connectivity index (χ3v) is 3.98. The molecule has 0 radical (unpaired) electrons. The lowest BCUT2D eigenvalue weighted by atomic mass is 9.98. The molecule has 134 valence electrons. The van der Waals surface area contributed by atoms with E-state index in [4.69, 9.17) is 4.74 Å². The predicted octanol–water partition coefficient (Wildman–Crippen LogP) is 3.13. The molecule has 0 saturated heterocycles. The van der Waals surface area contributed by atoms with Crippen molar-refractivity contribution in [3.05, 3.63) is 71.3 Å². The van der Waals surface area contributed by atoms with Gasteiger partial charge in [0.2, 0.25) is 0 Å². The first kappa shape index (κ1) is 19.0. The average Bonchev–Trinajstić information content (AvgIpc) is 2.64. The van der Waals surface area contributed by atoms with Crippen molar-refractivity contribution in [2.24, 2.45) is 0 Å². The zero-order valence-corrected chi connectivity index (χ0v) is 14.6. The van der Waals surface area contributed by atoms with Gasteiger partial charge in [-0.15, -0.1) is 0 Å². The molecule has 2 aromatic rings. The van der Waals surface area contributed by atoms with E-state index < -0.39 is 18.3 Å². The van der Waals surface area contributed by atoms with Crippen molar-refractivity contribution in [2.45, 2.75) is 38.6 Å². The van der Waals surface area contributed by atoms with Crippen LogP contribution in [0.1, 0.15) is 42.6 Å². The van der Waals surface area contributed by atoms with E-state index in [2.05, 4.69) is 19.2 Å². The summed E-state index contributed by atoms with van der Waals surface area (Å²) < 4.78 is 5.06. The van der Waals surface area contributed by atoms with Gasteiger partial charge in [-0.1, -0.05) is 68.4 Å². The van der Waals surface area contributed by atoms with Gasteiger partial charge in [0.1, 0.15) is 18.8 Å². The summed E-state index contributed by atoms with van der Waals surface area (Å²) >= 11 is 0. The Morgan fingerprint density at radius 2 is 1.60 bits per heavy atom. The lowest BCUT2D eigenvalue weighted by Crippen LogP contribution is -2.35. The van der Waals surface area contributed by atoms with Crippen molar-refractivity contribution in [2.75, 3.05) is 6.54 Å². The highest BCUT2D eigenvalue weighted by molar-refractivity contribution is 5.67. The van der Waals surface area contributed by atoms with Crippen LogP contribution < -0.4 is 5.32 Å². The van der Waals surface area contributed by atoms with Gasteiger partial charge >= 0.3 is 6.09 Å². The largest absolute Gasteiger partial charge is 0.445 e. The highest BCUT2D eigenvalue weighted by atomic mass is 16.5. The fraction of sp³-hybridized carbons (Fsp3) is 0.350. The Kier molecular flexibility index (Phi) is 6.98. The number of amides is 1. The van der Waals surface area contributed by atoms with Gasteiger partial charge in [-0.3, -0.25) is 0 Å². The maximum absolute atomic E-state index is 11.7. The second-order valence-corrected chi connectivity index (χ2v) is 6.28. The maximum Gasteiger partial charge on any atom is 0.407 e. The molecule has 0 saturated carbocycles. The van der Waals surface area contributed by atoms with Gasteiger partial charge in [0.05, 0.1) is 0 Å². The Bertz CT molecular complexity index is 655. The monoisotopic (exact) mass is 343 g/mol. The molecule has 0 heterocycles. The Labute approximate surface area is 148 Å². The van der Waals surface area contributed by atoms with E-state index in [9.17, 15) is 15.0 Å². The second-order valence-electron chi connectivity index (χ2n) is 6.28. The van der Waals surface area contributed by atoms with Crippen molar-refractivity contribution in [1.82, 2.24) is 5.32 Å². The summed E-state index contributed by atoms with van der Waals surface area (Å²) in [6.45, 7) is 4.24. The second kappa shape index (κ2) is 9.20. The van der Waals surface area contributed by atoms with E-state index in [-0.39, 0.29) is 13.2 Å². The highest BCUT2D eigenvalue weighted by Gasteiger charge is 2.19. The number of rotatable bonds is 7. The minimum atomic E-state index is -1.12. The lowest BCUT2D eigenvalue weighted by molar-refractivity contribution is 0.0184. The summed E-state index contributed by atoms with van der Waals surface area (Å²) in [6, 6.07) is 16.7. The van der Waals surface area contributed by atoms with Crippen LogP contribution in [0.2, 0.25) is 0 Å². The van der Waals surface area contributed by atoms with E-state index in [0.29, 0.717) is 11.5 Å². The minimum absolute atomic E-state index is 0.0965. The fourth-order valence-corrected chi connectivity index (χ4v) is 2.37. The number of aliphatic hydroxyl groups is 2. The van der Waals surface area contributed by atoms with Crippen molar-refractivity contribution in [3.8, 4) is 0 Å². The Morgan fingerprint density at radius 3 is 2.20 bits per heavy atom. The minimum Gasteiger partial charge on any atom is -0.445 e. The molecular weight excluding hydrogens is 318 g/mol. The summed E-state index contributed by atoms with van der Waals surface area (Å²) in [6.07, 6.45) is -2.82. The number of ether oxygens (including phenoxy) is 1. The Balaban J connectivity index is 1.78. The fourth-order valence-electron chi connectivity index (χ4n) is 2.37. The number of carbonyl (C=O) groups excluding carboxylic acids is 1. The molecule has 0 fully saturated rings. The van der Waals surface area contributed by atoms with Crippen LogP contribution in [-0.4, -0.2) is 29.0 Å². The van der Waals surface area contributed by atoms with Crippen LogP contribution in [0.4, 0.5) is 4.79 Å². The van der Waals surface area contributed by atoms with Gasteiger partial charge in [0, 0.05) is 6.54 Å². The van der Waals surface area contributed by atoms with Gasteiger partial charge in [-0.25, -0.2) is 4.79 Å². The molecule has 0 aliphatic rings. The Morgan fingerprint density at radius 1 is 1.00 bits per heavy atom. The Hall–Kier alpha value is -2.37. The molecule has 2 atom stereocenters. The average molecular weight is 343 g/mol. The first-order valence-corrected chi connectivity index (χ1v) is 8.38. The molecule has 0 aliphatic heterocycles. The number of aliphatic hydroxyl groups excluding tert-OH is 2. The first-order chi connectivity index (χ1) is 12.0. The molecule has 2 rings (SSSR count). The SMILES string of the molecule is CC(C)c1ccc(C(O)C(O)CNC(=O)OCc2ccccc2)cc1. The summed E-state index contributed by atoms with van der Waals surface area (Å²) in [5.74, 6) is 0.400. The van der Waals surface area contributed by atoms with E-state index in [1.165, 1.54) is 0 Å². The number of hydrogen-bond acceptors (Lipinski definition) is 4. The van der Waals surface area contributed by atoms with Crippen LogP contribution in [0.3, 0.4) is 0 Å². The van der Waals surface area contributed by atoms with E-state index in [0.717, 1.165) is 11.1 Å². The number of carbonyl (C=O) groups is 1. The predicted molar refractivity (Wildman–Crippen MR) is 96.1 cm³/mol.